The van der Waals surface area contributed by atoms with Gasteiger partial charge in [0.05, 0.1) is 40.0 Å². The van der Waals surface area contributed by atoms with Gasteiger partial charge in [-0.2, -0.15) is 5.10 Å². The minimum Gasteiger partial charge on any atom is -0.508 e. The quantitative estimate of drug-likeness (QED) is 0.107. The van der Waals surface area contributed by atoms with Gasteiger partial charge in [0, 0.05) is 46.3 Å². The molecule has 3 aromatic carbocycles. The molecule has 5 heterocycles. The molecular weight excluding hydrogens is 776 g/mol. The van der Waals surface area contributed by atoms with Crippen LogP contribution in [-0.2, 0) is 32.6 Å². The zero-order chi connectivity index (χ0) is 40.5. The van der Waals surface area contributed by atoms with Gasteiger partial charge < -0.3 is 9.84 Å². The van der Waals surface area contributed by atoms with Gasteiger partial charge in [-0.25, -0.2) is 4.90 Å². The number of aromatic hydroxyl groups is 1. The maximum atomic E-state index is 15.3. The Bertz CT molecular complexity index is 2770. The van der Waals surface area contributed by atoms with Crippen molar-refractivity contribution in [3.05, 3.63) is 112 Å². The number of fused-ring (bicyclic) bond motifs is 6. The number of allylic oxidation sites excluding steroid dienone is 3. The summed E-state index contributed by atoms with van der Waals surface area (Å²) in [5.74, 6) is -4.08. The van der Waals surface area contributed by atoms with Gasteiger partial charge in [0.2, 0.25) is 23.6 Å². The zero-order valence-corrected chi connectivity index (χ0v) is 33.6. The summed E-state index contributed by atoms with van der Waals surface area (Å²) in [6, 6.07) is 18.8. The number of phenols is 1. The van der Waals surface area contributed by atoms with Crippen LogP contribution in [0.1, 0.15) is 48.2 Å². The van der Waals surface area contributed by atoms with E-state index in [1.54, 1.807) is 77.9 Å². The molecule has 11 nitrogen and oxygen atoms in total. The number of hydrogen-bond donors (Lipinski definition) is 1. The standard InChI is InChI=1S/C45H37ClN4O7S/c1-21-31-17-26(46)7-14-36(31)58-40(21)34-19-37(48(4)47-34)50-42(54)33-18-32-29(39(45(33,3)44(50)56)25-15-24-16-28(52)10-13-35(24)57-20-25)11-12-30-38(32)43(55)49(41(30)53)27-8-5-23(6-9-27)22(2)51/h5-11,13-14,16-17,19-20,30,32-33,38-39,52H,12,15,18H2,1-4H3/t30-,32+,33-,38-,39-,45+/m0/s1. The first kappa shape index (κ1) is 36.5. The van der Waals surface area contributed by atoms with Crippen molar-refractivity contribution in [3.8, 4) is 22.1 Å². The molecule has 0 radical (unpaired) electrons. The average Bonchev–Trinajstić information content (AvgIpc) is 3.87. The first-order valence-corrected chi connectivity index (χ1v) is 20.4. The van der Waals surface area contributed by atoms with Crippen LogP contribution in [-0.4, -0.2) is 44.3 Å². The van der Waals surface area contributed by atoms with Crippen molar-refractivity contribution in [2.45, 2.75) is 40.0 Å². The molecule has 6 atom stereocenters. The van der Waals surface area contributed by atoms with Gasteiger partial charge in [0.25, 0.3) is 0 Å². The molecule has 0 bridgehead atoms. The molecule has 2 aliphatic carbocycles. The second-order valence-corrected chi connectivity index (χ2v) is 17.8. The SMILES string of the molecule is CC(=O)c1ccc(N2C(=O)[C@H]3[C@H](CC=C4[C@H](C5=COc6ccc(O)cc6C5)[C@]5(C)C(=O)N(c6cc(-c7sc8ccc(Cl)cc8c7C)nn6C)C(=O)[C@@H]5C[C@H]43)C2=O)cc1. The zero-order valence-electron chi connectivity index (χ0n) is 32.0. The monoisotopic (exact) mass is 812 g/mol. The third-order valence-corrected chi connectivity index (χ3v) is 14.7. The van der Waals surface area contributed by atoms with Crippen molar-refractivity contribution in [1.29, 1.82) is 0 Å². The summed E-state index contributed by atoms with van der Waals surface area (Å²) in [6.45, 7) is 5.30. The lowest BCUT2D eigenvalue weighted by atomic mass is 9.51. The predicted molar refractivity (Wildman–Crippen MR) is 219 cm³/mol. The molecule has 1 N–H and O–H groups in total. The van der Waals surface area contributed by atoms with Gasteiger partial charge in [-0.3, -0.25) is 33.6 Å². The third-order valence-electron chi connectivity index (χ3n) is 13.2. The molecule has 13 heteroatoms. The normalized spacial score (nSPS) is 26.3. The fourth-order valence-corrected chi connectivity index (χ4v) is 11.7. The minimum absolute atomic E-state index is 0.0719. The molecular formula is C45H37ClN4O7S. The number of Topliss-reactive ketones (excluding diaryl/α,β-unsaturated/α-hetero) is 1. The number of amides is 4. The number of thiophene rings is 1. The van der Waals surface area contributed by atoms with E-state index in [2.05, 4.69) is 0 Å². The van der Waals surface area contributed by atoms with Gasteiger partial charge in [-0.15, -0.1) is 11.3 Å². The van der Waals surface area contributed by atoms with E-state index in [0.717, 1.165) is 37.2 Å². The number of carbonyl (C=O) groups is 5. The van der Waals surface area contributed by atoms with E-state index in [0.29, 0.717) is 40.0 Å². The molecule has 58 heavy (non-hydrogen) atoms. The van der Waals surface area contributed by atoms with E-state index in [1.807, 2.05) is 38.1 Å². The van der Waals surface area contributed by atoms with Crippen molar-refractivity contribution in [1.82, 2.24) is 9.78 Å². The van der Waals surface area contributed by atoms with Crippen LogP contribution < -0.4 is 14.5 Å². The van der Waals surface area contributed by atoms with E-state index in [9.17, 15) is 19.5 Å². The highest BCUT2D eigenvalue weighted by molar-refractivity contribution is 7.22. The number of ketones is 1. The smallest absolute Gasteiger partial charge is 0.242 e. The fourth-order valence-electron chi connectivity index (χ4n) is 10.4. The number of anilines is 2. The Hall–Kier alpha value is -5.85. The van der Waals surface area contributed by atoms with Crippen LogP contribution in [0, 0.1) is 41.9 Å². The highest BCUT2D eigenvalue weighted by atomic mass is 35.5. The molecule has 0 unspecified atom stereocenters. The van der Waals surface area contributed by atoms with E-state index < -0.39 is 40.9 Å². The number of nitrogens with zero attached hydrogens (tertiary/aromatic N) is 4. The molecule has 1 saturated carbocycles. The number of halogens is 1. The van der Waals surface area contributed by atoms with E-state index in [1.165, 1.54) is 16.7 Å². The Balaban J connectivity index is 1.07. The summed E-state index contributed by atoms with van der Waals surface area (Å²) < 4.78 is 8.75. The number of aryl methyl sites for hydroxylation is 2. The lowest BCUT2D eigenvalue weighted by Crippen LogP contribution is -2.51. The van der Waals surface area contributed by atoms with Crippen LogP contribution in [0.15, 0.2) is 90.2 Å². The maximum absolute atomic E-state index is 15.3. The Morgan fingerprint density at radius 3 is 2.50 bits per heavy atom. The van der Waals surface area contributed by atoms with E-state index >= 15 is 9.59 Å². The number of hydrogen-bond acceptors (Lipinski definition) is 9. The molecule has 2 aromatic heterocycles. The molecule has 292 valence electrons. The Labute approximate surface area is 342 Å². The Kier molecular flexibility index (Phi) is 8.07. The lowest BCUT2D eigenvalue weighted by Gasteiger charge is -2.49. The molecule has 5 aliphatic rings. The largest absolute Gasteiger partial charge is 0.508 e. The van der Waals surface area contributed by atoms with Crippen LogP contribution in [0.25, 0.3) is 20.7 Å². The minimum atomic E-state index is -1.29. The Morgan fingerprint density at radius 2 is 1.74 bits per heavy atom. The van der Waals surface area contributed by atoms with Gasteiger partial charge in [0.1, 0.15) is 23.0 Å². The molecule has 3 fully saturated rings. The first-order chi connectivity index (χ1) is 27.8. The van der Waals surface area contributed by atoms with Gasteiger partial charge in [0.15, 0.2) is 5.78 Å². The summed E-state index contributed by atoms with van der Waals surface area (Å²) in [6.07, 6.45) is 4.45. The summed E-state index contributed by atoms with van der Waals surface area (Å²) >= 11 is 7.90. The number of ether oxygens (including phenoxy) is 1. The molecule has 0 spiro atoms. The highest BCUT2D eigenvalue weighted by Gasteiger charge is 2.68. The average molecular weight is 813 g/mol. The summed E-state index contributed by atoms with van der Waals surface area (Å²) in [5, 5.41) is 16.9. The van der Waals surface area contributed by atoms with Crippen LogP contribution in [0.2, 0.25) is 5.02 Å². The second-order valence-electron chi connectivity index (χ2n) is 16.3. The lowest BCUT2D eigenvalue weighted by molar-refractivity contribution is -0.132. The Morgan fingerprint density at radius 1 is 0.966 bits per heavy atom. The van der Waals surface area contributed by atoms with Crippen molar-refractivity contribution in [2.24, 2.45) is 42.1 Å². The van der Waals surface area contributed by atoms with Gasteiger partial charge >= 0.3 is 0 Å². The number of imide groups is 2. The number of rotatable bonds is 5. The number of phenolic OH excluding ortho intramolecular Hbond substituents is 1. The predicted octanol–water partition coefficient (Wildman–Crippen LogP) is 7.96. The van der Waals surface area contributed by atoms with E-state index in [4.69, 9.17) is 21.4 Å². The molecule has 2 saturated heterocycles. The summed E-state index contributed by atoms with van der Waals surface area (Å²) in [5.41, 5.74) is 3.47. The van der Waals surface area contributed by atoms with Gasteiger partial charge in [-0.05, 0) is 117 Å². The third kappa shape index (κ3) is 5.10. The van der Waals surface area contributed by atoms with Crippen LogP contribution >= 0.6 is 22.9 Å². The second kappa shape index (κ2) is 12.8. The first-order valence-electron chi connectivity index (χ1n) is 19.2. The van der Waals surface area contributed by atoms with Crippen molar-refractivity contribution < 1.29 is 33.8 Å². The van der Waals surface area contributed by atoms with Gasteiger partial charge in [-0.1, -0.05) is 23.3 Å². The van der Waals surface area contributed by atoms with Crippen LogP contribution in [0.5, 0.6) is 11.5 Å². The fraction of sp³-hybridized carbons (Fsp3) is 0.289. The molecule has 5 aromatic rings. The van der Waals surface area contributed by atoms with Crippen molar-refractivity contribution in [3.63, 3.8) is 0 Å². The summed E-state index contributed by atoms with van der Waals surface area (Å²) in [4.78, 5) is 74.3. The summed E-state index contributed by atoms with van der Waals surface area (Å²) in [7, 11) is 1.72. The van der Waals surface area contributed by atoms with E-state index in [-0.39, 0.29) is 42.1 Å². The number of carbonyl (C=O) groups excluding carboxylic acids is 5. The molecule has 10 rings (SSSR count). The number of aromatic nitrogens is 2. The van der Waals surface area contributed by atoms with Crippen molar-refractivity contribution in [2.75, 3.05) is 9.80 Å². The van der Waals surface area contributed by atoms with Crippen LogP contribution in [0.3, 0.4) is 0 Å². The molecule has 4 amide bonds. The van der Waals surface area contributed by atoms with Crippen molar-refractivity contribution >= 4 is 73.9 Å². The maximum Gasteiger partial charge on any atom is 0.242 e. The topological polar surface area (TPSA) is 139 Å². The highest BCUT2D eigenvalue weighted by Crippen LogP contribution is 2.63. The van der Waals surface area contributed by atoms with Crippen LogP contribution in [0.4, 0.5) is 11.5 Å². The number of benzene rings is 3. The molecule has 3 aliphatic heterocycles.